The van der Waals surface area contributed by atoms with Gasteiger partial charge in [0, 0.05) is 13.0 Å². The lowest BCUT2D eigenvalue weighted by Gasteiger charge is -2.23. The van der Waals surface area contributed by atoms with E-state index < -0.39 is 0 Å². The maximum atomic E-state index is 12.7. The third-order valence-corrected chi connectivity index (χ3v) is 4.09. The molecular weight excluding hydrogens is 270 g/mol. The number of hydrogen-bond acceptors (Lipinski definition) is 5. The number of rotatable bonds is 3. The van der Waals surface area contributed by atoms with Gasteiger partial charge in [0.15, 0.2) is 11.7 Å². The first kappa shape index (κ1) is 12.6. The van der Waals surface area contributed by atoms with Crippen LogP contribution in [0, 0.1) is 12.8 Å². The Morgan fingerprint density at radius 3 is 3.10 bits per heavy atom. The van der Waals surface area contributed by atoms with Gasteiger partial charge in [-0.05, 0) is 38.5 Å². The molecule has 1 aliphatic carbocycles. The molecule has 0 unspecified atom stereocenters. The lowest BCUT2D eigenvalue weighted by molar-refractivity contribution is 0.0954. The number of carbonyl (C=O) groups excluding carboxylic acids is 1. The van der Waals surface area contributed by atoms with E-state index in [1.165, 1.54) is 12.8 Å². The molecule has 0 radical (unpaired) electrons. The number of nitrogens with one attached hydrogen (secondary N) is 1. The molecule has 0 bridgehead atoms. The van der Waals surface area contributed by atoms with Crippen LogP contribution in [0.4, 0.5) is 5.82 Å². The average Bonchev–Trinajstić information content (AvgIpc) is 3.02. The van der Waals surface area contributed by atoms with Gasteiger partial charge >= 0.3 is 0 Å². The minimum Gasteiger partial charge on any atom is -0.435 e. The number of oxazole rings is 1. The smallest absolute Gasteiger partial charge is 0.297 e. The van der Waals surface area contributed by atoms with Gasteiger partial charge in [0.1, 0.15) is 5.69 Å². The highest BCUT2D eigenvalue weighted by atomic mass is 16.4. The molecule has 1 saturated carbocycles. The molecule has 7 nitrogen and oxygen atoms in total. The number of hydrogen-bond donors (Lipinski definition) is 1. The Morgan fingerprint density at radius 2 is 2.29 bits per heavy atom. The van der Waals surface area contributed by atoms with E-state index >= 15 is 0 Å². The molecule has 7 heteroatoms. The van der Waals surface area contributed by atoms with E-state index in [-0.39, 0.29) is 5.91 Å². The number of nitrogens with zero attached hydrogens (tertiary/aromatic N) is 4. The van der Waals surface area contributed by atoms with Crippen molar-refractivity contribution in [2.45, 2.75) is 39.0 Å². The number of carbonyl (C=O) groups is 1. The Labute approximate surface area is 121 Å². The Hall–Kier alpha value is -2.18. The fraction of sp³-hybridized carbons (Fsp3) is 0.571. The van der Waals surface area contributed by atoms with Crippen molar-refractivity contribution in [1.82, 2.24) is 20.4 Å². The van der Waals surface area contributed by atoms with Gasteiger partial charge in [-0.25, -0.2) is 4.98 Å². The zero-order valence-corrected chi connectivity index (χ0v) is 11.9. The summed E-state index contributed by atoms with van der Waals surface area (Å²) >= 11 is 0. The molecular formula is C14H17N5O2. The van der Waals surface area contributed by atoms with E-state index in [9.17, 15) is 4.79 Å². The van der Waals surface area contributed by atoms with Crippen LogP contribution in [0.1, 0.15) is 47.1 Å². The van der Waals surface area contributed by atoms with Gasteiger partial charge in [-0.3, -0.25) is 9.69 Å². The number of aromatic amines is 1. The van der Waals surface area contributed by atoms with E-state index in [0.29, 0.717) is 35.6 Å². The lowest BCUT2D eigenvalue weighted by Crippen LogP contribution is -2.35. The maximum Gasteiger partial charge on any atom is 0.297 e. The summed E-state index contributed by atoms with van der Waals surface area (Å²) in [5.74, 6) is 2.14. The summed E-state index contributed by atoms with van der Waals surface area (Å²) in [5.41, 5.74) is 1.50. The molecule has 1 N–H and O–H groups in total. The summed E-state index contributed by atoms with van der Waals surface area (Å²) in [6, 6.07) is 0. The third kappa shape index (κ3) is 2.22. The molecule has 3 heterocycles. The van der Waals surface area contributed by atoms with Crippen LogP contribution in [-0.4, -0.2) is 32.8 Å². The molecule has 0 saturated heterocycles. The highest BCUT2D eigenvalue weighted by Gasteiger charge is 2.31. The minimum absolute atomic E-state index is 0.170. The monoisotopic (exact) mass is 287 g/mol. The van der Waals surface area contributed by atoms with Gasteiger partial charge in [0.05, 0.1) is 5.69 Å². The van der Waals surface area contributed by atoms with Crippen LogP contribution in [0.15, 0.2) is 4.42 Å². The molecule has 1 fully saturated rings. The third-order valence-electron chi connectivity index (χ3n) is 4.09. The van der Waals surface area contributed by atoms with Gasteiger partial charge in [-0.1, -0.05) is 0 Å². The molecule has 4 rings (SSSR count). The van der Waals surface area contributed by atoms with E-state index in [0.717, 1.165) is 25.0 Å². The number of aryl methyl sites for hydroxylation is 2. The second-order valence-electron chi connectivity index (χ2n) is 5.82. The van der Waals surface area contributed by atoms with Crippen LogP contribution >= 0.6 is 0 Å². The Bertz CT molecular complexity index is 685. The standard InChI is InChI=1S/C14H17N5O2/c1-8-12(21-11(15-8)7-9-4-5-9)14(20)19-6-2-3-10-13(19)17-18-16-10/h9H,2-7H2,1H3,(H,16,17,18). The van der Waals surface area contributed by atoms with Crippen LogP contribution in [0.5, 0.6) is 0 Å². The SMILES string of the molecule is Cc1nc(CC2CC2)oc1C(=O)N1CCCc2n[nH]nc21. The van der Waals surface area contributed by atoms with Gasteiger partial charge in [-0.2, -0.15) is 10.3 Å². The topological polar surface area (TPSA) is 87.9 Å². The van der Waals surface area contributed by atoms with E-state index in [4.69, 9.17) is 4.42 Å². The Balaban J connectivity index is 1.61. The first-order valence-electron chi connectivity index (χ1n) is 7.40. The van der Waals surface area contributed by atoms with E-state index in [2.05, 4.69) is 20.4 Å². The van der Waals surface area contributed by atoms with Crippen LogP contribution in [0.3, 0.4) is 0 Å². The van der Waals surface area contributed by atoms with Crippen molar-refractivity contribution >= 4 is 11.7 Å². The molecule has 2 aliphatic rings. The van der Waals surface area contributed by atoms with Gasteiger partial charge in [-0.15, -0.1) is 5.10 Å². The number of anilines is 1. The van der Waals surface area contributed by atoms with Crippen molar-refractivity contribution in [3.63, 3.8) is 0 Å². The number of aromatic nitrogens is 4. The summed E-state index contributed by atoms with van der Waals surface area (Å²) < 4.78 is 5.71. The number of fused-ring (bicyclic) bond motifs is 1. The average molecular weight is 287 g/mol. The molecule has 110 valence electrons. The molecule has 0 spiro atoms. The summed E-state index contributed by atoms with van der Waals surface area (Å²) in [6.45, 7) is 2.46. The van der Waals surface area contributed by atoms with E-state index in [1.807, 2.05) is 6.92 Å². The number of H-pyrrole nitrogens is 1. The van der Waals surface area contributed by atoms with Crippen LogP contribution in [0.2, 0.25) is 0 Å². The van der Waals surface area contributed by atoms with Crippen molar-refractivity contribution in [3.8, 4) is 0 Å². The fourth-order valence-electron chi connectivity index (χ4n) is 2.77. The fourth-order valence-corrected chi connectivity index (χ4v) is 2.77. The van der Waals surface area contributed by atoms with Crippen molar-refractivity contribution in [3.05, 3.63) is 23.0 Å². The summed E-state index contributed by atoms with van der Waals surface area (Å²) in [5, 5.41) is 10.8. The molecule has 0 atom stereocenters. The van der Waals surface area contributed by atoms with Crippen molar-refractivity contribution < 1.29 is 9.21 Å². The summed E-state index contributed by atoms with van der Waals surface area (Å²) in [6.07, 6.45) is 5.03. The molecule has 2 aromatic rings. The largest absolute Gasteiger partial charge is 0.435 e. The van der Waals surface area contributed by atoms with Crippen molar-refractivity contribution in [2.24, 2.45) is 5.92 Å². The summed E-state index contributed by atoms with van der Waals surface area (Å²) in [7, 11) is 0. The second-order valence-corrected chi connectivity index (χ2v) is 5.82. The zero-order chi connectivity index (χ0) is 14.4. The van der Waals surface area contributed by atoms with Crippen molar-refractivity contribution in [1.29, 1.82) is 0 Å². The van der Waals surface area contributed by atoms with Gasteiger partial charge < -0.3 is 4.42 Å². The first-order chi connectivity index (χ1) is 10.2. The zero-order valence-electron chi connectivity index (χ0n) is 11.9. The van der Waals surface area contributed by atoms with Crippen LogP contribution in [-0.2, 0) is 12.8 Å². The van der Waals surface area contributed by atoms with E-state index in [1.54, 1.807) is 4.90 Å². The molecule has 21 heavy (non-hydrogen) atoms. The highest BCUT2D eigenvalue weighted by Crippen LogP contribution is 2.33. The summed E-state index contributed by atoms with van der Waals surface area (Å²) in [4.78, 5) is 18.7. The minimum atomic E-state index is -0.170. The molecule has 1 aliphatic heterocycles. The normalized spacial score (nSPS) is 17.9. The molecule has 1 amide bonds. The molecule has 2 aromatic heterocycles. The van der Waals surface area contributed by atoms with Gasteiger partial charge in [0.25, 0.3) is 5.91 Å². The highest BCUT2D eigenvalue weighted by molar-refractivity contribution is 6.04. The number of amides is 1. The second kappa shape index (κ2) is 4.68. The quantitative estimate of drug-likeness (QED) is 0.927. The predicted molar refractivity (Wildman–Crippen MR) is 74.0 cm³/mol. The maximum absolute atomic E-state index is 12.7. The van der Waals surface area contributed by atoms with Gasteiger partial charge in [0.2, 0.25) is 5.76 Å². The van der Waals surface area contributed by atoms with Crippen LogP contribution in [0.25, 0.3) is 0 Å². The lowest BCUT2D eigenvalue weighted by atomic mass is 10.1. The molecule has 0 aromatic carbocycles. The predicted octanol–water partition coefficient (Wildman–Crippen LogP) is 1.65. The van der Waals surface area contributed by atoms with Crippen molar-refractivity contribution in [2.75, 3.05) is 11.4 Å². The Kier molecular flexibility index (Phi) is 2.80. The first-order valence-corrected chi connectivity index (χ1v) is 7.40. The Morgan fingerprint density at radius 1 is 1.43 bits per heavy atom. The van der Waals surface area contributed by atoms with Crippen LogP contribution < -0.4 is 4.90 Å².